The lowest BCUT2D eigenvalue weighted by Gasteiger charge is -2.06. The Labute approximate surface area is 94.2 Å². The number of nitriles is 2. The second-order valence-corrected chi connectivity index (χ2v) is 3.23. The van der Waals surface area contributed by atoms with Crippen LogP contribution in [0.4, 0.5) is 0 Å². The molecule has 0 unspecified atom stereocenters. The lowest BCUT2D eigenvalue weighted by atomic mass is 10.2. The second-order valence-electron chi connectivity index (χ2n) is 3.23. The van der Waals surface area contributed by atoms with Crippen LogP contribution in [-0.4, -0.2) is 6.61 Å². The van der Waals surface area contributed by atoms with Gasteiger partial charge in [0.25, 0.3) is 0 Å². The van der Waals surface area contributed by atoms with E-state index < -0.39 is 0 Å². The fourth-order valence-electron chi connectivity index (χ4n) is 1.11. The van der Waals surface area contributed by atoms with Gasteiger partial charge in [0.1, 0.15) is 24.5 Å². The van der Waals surface area contributed by atoms with Crippen LogP contribution in [0.3, 0.4) is 0 Å². The summed E-state index contributed by atoms with van der Waals surface area (Å²) in [5.74, 6) is 0.665. The zero-order valence-electron chi connectivity index (χ0n) is 8.90. The van der Waals surface area contributed by atoms with Crippen LogP contribution in [0.2, 0.25) is 0 Å². The van der Waals surface area contributed by atoms with E-state index in [1.165, 1.54) is 0 Å². The van der Waals surface area contributed by atoms with Gasteiger partial charge in [0.05, 0.1) is 5.70 Å². The van der Waals surface area contributed by atoms with Gasteiger partial charge in [-0.15, -0.1) is 0 Å². The average Bonchev–Trinajstić information content (AvgIpc) is 2.28. The van der Waals surface area contributed by atoms with E-state index in [9.17, 15) is 0 Å². The second kappa shape index (κ2) is 5.43. The molecule has 0 amide bonds. The maximum atomic E-state index is 8.57. The number of allylic oxidation sites excluding steroid dienone is 1. The normalized spacial score (nSPS) is 8.69. The number of hydrogen-bond acceptors (Lipinski definition) is 4. The smallest absolute Gasteiger partial charge is 0.151 e. The largest absolute Gasteiger partial charge is 0.487 e. The molecule has 0 aliphatic rings. The van der Waals surface area contributed by atoms with E-state index in [0.29, 0.717) is 5.75 Å². The van der Waals surface area contributed by atoms with Crippen LogP contribution < -0.4 is 10.5 Å². The Hall–Kier alpha value is -2.46. The molecular formula is C12H11N3O. The summed E-state index contributed by atoms with van der Waals surface area (Å²) in [6, 6.07) is 10.9. The standard InChI is InChI=1S/C12H11N3O/c1-9-3-2-4-11(5-9)16-8-12(15)10(6-13)7-14/h2-5H,8,15H2,1H3. The lowest BCUT2D eigenvalue weighted by Crippen LogP contribution is -2.11. The highest BCUT2D eigenvalue weighted by Gasteiger charge is 2.02. The minimum Gasteiger partial charge on any atom is -0.487 e. The van der Waals surface area contributed by atoms with Crippen molar-refractivity contribution >= 4 is 0 Å². The number of nitrogens with zero attached hydrogens (tertiary/aromatic N) is 2. The van der Waals surface area contributed by atoms with E-state index in [-0.39, 0.29) is 17.9 Å². The number of hydrogen-bond donors (Lipinski definition) is 1. The number of benzene rings is 1. The third-order valence-corrected chi connectivity index (χ3v) is 1.93. The Morgan fingerprint density at radius 3 is 2.62 bits per heavy atom. The van der Waals surface area contributed by atoms with Gasteiger partial charge in [-0.3, -0.25) is 0 Å². The first-order valence-electron chi connectivity index (χ1n) is 4.65. The summed E-state index contributed by atoms with van der Waals surface area (Å²) in [4.78, 5) is 0. The highest BCUT2D eigenvalue weighted by molar-refractivity contribution is 5.39. The van der Waals surface area contributed by atoms with Gasteiger partial charge in [-0.25, -0.2) is 0 Å². The van der Waals surface area contributed by atoms with Crippen LogP contribution in [0.15, 0.2) is 35.5 Å². The molecule has 0 aliphatic heterocycles. The van der Waals surface area contributed by atoms with Crippen LogP contribution in [-0.2, 0) is 0 Å². The summed E-state index contributed by atoms with van der Waals surface area (Å²) >= 11 is 0. The monoisotopic (exact) mass is 213 g/mol. The van der Waals surface area contributed by atoms with E-state index in [2.05, 4.69) is 0 Å². The van der Waals surface area contributed by atoms with Crippen molar-refractivity contribution in [1.82, 2.24) is 0 Å². The summed E-state index contributed by atoms with van der Waals surface area (Å²) in [5.41, 5.74) is 6.65. The van der Waals surface area contributed by atoms with Crippen LogP contribution in [0.25, 0.3) is 0 Å². The molecule has 0 saturated carbocycles. The molecule has 0 fully saturated rings. The van der Waals surface area contributed by atoms with Gasteiger partial charge < -0.3 is 10.5 Å². The van der Waals surface area contributed by atoms with Gasteiger partial charge in [0, 0.05) is 0 Å². The number of nitrogens with two attached hydrogens (primary N) is 1. The van der Waals surface area contributed by atoms with Gasteiger partial charge in [-0.1, -0.05) is 12.1 Å². The molecule has 4 heteroatoms. The van der Waals surface area contributed by atoms with Crippen molar-refractivity contribution in [3.8, 4) is 17.9 Å². The molecule has 1 aromatic carbocycles. The van der Waals surface area contributed by atoms with E-state index in [0.717, 1.165) is 5.56 Å². The molecule has 16 heavy (non-hydrogen) atoms. The molecule has 0 aliphatic carbocycles. The Kier molecular flexibility index (Phi) is 3.94. The van der Waals surface area contributed by atoms with E-state index in [1.807, 2.05) is 25.1 Å². The van der Waals surface area contributed by atoms with Crippen molar-refractivity contribution in [3.05, 3.63) is 41.1 Å². The zero-order valence-corrected chi connectivity index (χ0v) is 8.90. The van der Waals surface area contributed by atoms with Crippen LogP contribution in [0.5, 0.6) is 5.75 Å². The van der Waals surface area contributed by atoms with E-state index in [1.54, 1.807) is 18.2 Å². The van der Waals surface area contributed by atoms with Gasteiger partial charge in [-0.05, 0) is 24.6 Å². The minimum absolute atomic E-state index is 0.0416. The summed E-state index contributed by atoms with van der Waals surface area (Å²) in [6.45, 7) is 1.99. The number of ether oxygens (including phenoxy) is 1. The first-order valence-corrected chi connectivity index (χ1v) is 4.65. The van der Waals surface area contributed by atoms with Gasteiger partial charge in [0.15, 0.2) is 5.57 Å². The SMILES string of the molecule is Cc1cccc(OCC(N)=C(C#N)C#N)c1. The fraction of sp³-hybridized carbons (Fsp3) is 0.167. The lowest BCUT2D eigenvalue weighted by molar-refractivity contribution is 0.350. The van der Waals surface area contributed by atoms with Crippen molar-refractivity contribution in [1.29, 1.82) is 10.5 Å². The third-order valence-electron chi connectivity index (χ3n) is 1.93. The molecule has 0 bridgehead atoms. The molecule has 0 spiro atoms. The Bertz CT molecular complexity index is 476. The molecule has 0 aromatic heterocycles. The van der Waals surface area contributed by atoms with Gasteiger partial charge >= 0.3 is 0 Å². The summed E-state index contributed by atoms with van der Waals surface area (Å²) < 4.78 is 5.35. The molecule has 1 aromatic rings. The maximum absolute atomic E-state index is 8.57. The molecule has 0 saturated heterocycles. The molecule has 0 radical (unpaired) electrons. The highest BCUT2D eigenvalue weighted by atomic mass is 16.5. The molecule has 1 rings (SSSR count). The quantitative estimate of drug-likeness (QED) is 0.773. The van der Waals surface area contributed by atoms with Crippen molar-refractivity contribution in [2.24, 2.45) is 5.73 Å². The Balaban J connectivity index is 2.70. The third kappa shape index (κ3) is 3.04. The summed E-state index contributed by atoms with van der Waals surface area (Å²) in [7, 11) is 0. The van der Waals surface area contributed by atoms with Crippen molar-refractivity contribution in [2.45, 2.75) is 6.92 Å². The number of aryl methyl sites for hydroxylation is 1. The van der Waals surface area contributed by atoms with E-state index >= 15 is 0 Å². The molecule has 4 nitrogen and oxygen atoms in total. The predicted molar refractivity (Wildman–Crippen MR) is 59.1 cm³/mol. The maximum Gasteiger partial charge on any atom is 0.151 e. The predicted octanol–water partition coefficient (Wildman–Crippen LogP) is 1.63. The first kappa shape index (κ1) is 11.6. The van der Waals surface area contributed by atoms with Crippen LogP contribution in [0, 0.1) is 29.6 Å². The van der Waals surface area contributed by atoms with E-state index in [4.69, 9.17) is 21.0 Å². The highest BCUT2D eigenvalue weighted by Crippen LogP contribution is 2.13. The minimum atomic E-state index is -0.104. The zero-order chi connectivity index (χ0) is 12.0. The molecule has 2 N–H and O–H groups in total. The number of rotatable bonds is 3. The van der Waals surface area contributed by atoms with Gasteiger partial charge in [-0.2, -0.15) is 10.5 Å². The van der Waals surface area contributed by atoms with Crippen LogP contribution in [0.1, 0.15) is 5.56 Å². The summed E-state index contributed by atoms with van der Waals surface area (Å²) in [6.07, 6.45) is 0. The van der Waals surface area contributed by atoms with Crippen molar-refractivity contribution in [2.75, 3.05) is 6.61 Å². The Morgan fingerprint density at radius 2 is 2.06 bits per heavy atom. The molecule has 0 atom stereocenters. The molecule has 80 valence electrons. The topological polar surface area (TPSA) is 82.8 Å². The van der Waals surface area contributed by atoms with Crippen molar-refractivity contribution in [3.63, 3.8) is 0 Å². The van der Waals surface area contributed by atoms with Crippen molar-refractivity contribution < 1.29 is 4.74 Å². The molecule has 0 heterocycles. The van der Waals surface area contributed by atoms with Crippen LogP contribution >= 0.6 is 0 Å². The first-order chi connectivity index (χ1) is 7.67. The fourth-order valence-corrected chi connectivity index (χ4v) is 1.11. The molecular weight excluding hydrogens is 202 g/mol. The average molecular weight is 213 g/mol. The summed E-state index contributed by atoms with van der Waals surface area (Å²) in [5, 5.41) is 17.1. The Morgan fingerprint density at radius 1 is 1.38 bits per heavy atom. The van der Waals surface area contributed by atoms with Gasteiger partial charge in [0.2, 0.25) is 0 Å².